The quantitative estimate of drug-likeness (QED) is 0.372. The van der Waals surface area contributed by atoms with Crippen LogP contribution in [-0.2, 0) is 29.6 Å². The maximum atomic E-state index is 13.0. The molecule has 1 unspecified atom stereocenters. The zero-order valence-corrected chi connectivity index (χ0v) is 23.8. The maximum absolute atomic E-state index is 13.0. The summed E-state index contributed by atoms with van der Waals surface area (Å²) in [5.74, 6) is 0.164. The molecule has 1 atom stereocenters. The molecule has 0 radical (unpaired) electrons. The Kier molecular flexibility index (Phi) is 10.2. The number of halogens is 1. The molecule has 14 heteroatoms. The van der Waals surface area contributed by atoms with Gasteiger partial charge in [-0.05, 0) is 48.9 Å². The van der Waals surface area contributed by atoms with Crippen molar-refractivity contribution >= 4 is 43.2 Å². The first-order valence-corrected chi connectivity index (χ1v) is 15.6. The molecule has 0 aromatic heterocycles. The zero-order chi connectivity index (χ0) is 27.9. The molecule has 210 valence electrons. The summed E-state index contributed by atoms with van der Waals surface area (Å²) in [6, 6.07) is 9.49. The van der Waals surface area contributed by atoms with E-state index in [-0.39, 0.29) is 35.9 Å². The Morgan fingerprint density at radius 1 is 1.13 bits per heavy atom. The van der Waals surface area contributed by atoms with Gasteiger partial charge >= 0.3 is 0 Å². The first-order valence-electron chi connectivity index (χ1n) is 11.9. The van der Waals surface area contributed by atoms with Crippen molar-refractivity contribution in [2.75, 3.05) is 57.1 Å². The summed E-state index contributed by atoms with van der Waals surface area (Å²) < 4.78 is 69.4. The minimum atomic E-state index is -3.88. The van der Waals surface area contributed by atoms with Crippen LogP contribution >= 0.6 is 11.6 Å². The normalized spacial score (nSPS) is 15.5. The lowest BCUT2D eigenvalue weighted by atomic mass is 10.2. The number of hydrogen-bond acceptors (Lipinski definition) is 8. The standard InChI is InChI=1S/C24H32ClN3O8S2/c1-4-21(28(37(3,30)31)22-17-18(25)5-10-23(22)34-2)24(29)26-11-14-36-19-6-8-20(9-7-19)38(32,33)27-12-15-35-16-13-27/h5-10,17,21H,4,11-16H2,1-3H3,(H,26,29). The molecule has 38 heavy (non-hydrogen) atoms. The largest absolute Gasteiger partial charge is 0.495 e. The van der Waals surface area contributed by atoms with Crippen molar-refractivity contribution in [2.24, 2.45) is 0 Å². The molecule has 1 aliphatic rings. The van der Waals surface area contributed by atoms with Gasteiger partial charge in [-0.25, -0.2) is 16.8 Å². The Labute approximate surface area is 228 Å². The molecule has 1 heterocycles. The van der Waals surface area contributed by atoms with Crippen LogP contribution in [0.15, 0.2) is 47.4 Å². The molecule has 0 aliphatic carbocycles. The Bertz CT molecular complexity index is 1310. The van der Waals surface area contributed by atoms with E-state index in [0.717, 1.165) is 10.6 Å². The highest BCUT2D eigenvalue weighted by Gasteiger charge is 2.33. The summed E-state index contributed by atoms with van der Waals surface area (Å²) in [6.45, 7) is 3.20. The highest BCUT2D eigenvalue weighted by atomic mass is 35.5. The number of sulfonamides is 2. The van der Waals surface area contributed by atoms with Crippen molar-refractivity contribution in [2.45, 2.75) is 24.3 Å². The van der Waals surface area contributed by atoms with E-state index >= 15 is 0 Å². The maximum Gasteiger partial charge on any atom is 0.244 e. The highest BCUT2D eigenvalue weighted by molar-refractivity contribution is 7.92. The molecule has 2 aromatic rings. The lowest BCUT2D eigenvalue weighted by molar-refractivity contribution is -0.122. The van der Waals surface area contributed by atoms with Crippen molar-refractivity contribution in [3.8, 4) is 11.5 Å². The Hall–Kier alpha value is -2.58. The van der Waals surface area contributed by atoms with Crippen LogP contribution in [0.5, 0.6) is 11.5 Å². The average Bonchev–Trinajstić information content (AvgIpc) is 2.89. The van der Waals surface area contributed by atoms with Crippen molar-refractivity contribution < 1.29 is 35.8 Å². The van der Waals surface area contributed by atoms with Crippen molar-refractivity contribution in [3.63, 3.8) is 0 Å². The third kappa shape index (κ3) is 7.29. The van der Waals surface area contributed by atoms with Gasteiger partial charge in [0.25, 0.3) is 0 Å². The smallest absolute Gasteiger partial charge is 0.244 e. The average molecular weight is 590 g/mol. The lowest BCUT2D eigenvalue weighted by Crippen LogP contribution is -2.50. The van der Waals surface area contributed by atoms with E-state index in [4.69, 9.17) is 25.8 Å². The van der Waals surface area contributed by atoms with Gasteiger partial charge in [0, 0.05) is 18.1 Å². The molecule has 11 nitrogen and oxygen atoms in total. The van der Waals surface area contributed by atoms with Gasteiger partial charge in [-0.3, -0.25) is 9.10 Å². The van der Waals surface area contributed by atoms with Crippen LogP contribution in [0.25, 0.3) is 0 Å². The van der Waals surface area contributed by atoms with Gasteiger partial charge in [-0.15, -0.1) is 0 Å². The molecule has 3 rings (SSSR count). The second-order valence-electron chi connectivity index (χ2n) is 8.43. The van der Waals surface area contributed by atoms with E-state index in [1.54, 1.807) is 25.1 Å². The molecular formula is C24H32ClN3O8S2. The number of nitrogens with zero attached hydrogens (tertiary/aromatic N) is 2. The van der Waals surface area contributed by atoms with Crippen LogP contribution in [0.3, 0.4) is 0 Å². The summed E-state index contributed by atoms with van der Waals surface area (Å²) in [7, 11) is -6.09. The summed E-state index contributed by atoms with van der Waals surface area (Å²) in [4.78, 5) is 13.2. The number of amides is 1. The fourth-order valence-electron chi connectivity index (χ4n) is 3.98. The SMILES string of the molecule is CCC(C(=O)NCCOc1ccc(S(=O)(=O)N2CCOCC2)cc1)N(c1cc(Cl)ccc1OC)S(C)(=O)=O. The first-order chi connectivity index (χ1) is 18.0. The topological polar surface area (TPSA) is 132 Å². The van der Waals surface area contributed by atoms with E-state index in [1.807, 2.05) is 0 Å². The third-order valence-electron chi connectivity index (χ3n) is 5.81. The molecule has 1 amide bonds. The monoisotopic (exact) mass is 589 g/mol. The number of benzene rings is 2. The number of anilines is 1. The number of carbonyl (C=O) groups excluding carboxylic acids is 1. The van der Waals surface area contributed by atoms with Gasteiger partial charge in [0.2, 0.25) is 26.0 Å². The lowest BCUT2D eigenvalue weighted by Gasteiger charge is -2.31. The Morgan fingerprint density at radius 2 is 1.79 bits per heavy atom. The Balaban J connectivity index is 1.62. The summed E-state index contributed by atoms with van der Waals surface area (Å²) >= 11 is 6.10. The molecule has 0 bridgehead atoms. The van der Waals surface area contributed by atoms with Crippen molar-refractivity contribution in [1.29, 1.82) is 0 Å². The summed E-state index contributed by atoms with van der Waals surface area (Å²) in [5.41, 5.74) is 0.160. The van der Waals surface area contributed by atoms with Crippen LogP contribution in [0.2, 0.25) is 5.02 Å². The van der Waals surface area contributed by atoms with Gasteiger partial charge in [-0.1, -0.05) is 18.5 Å². The van der Waals surface area contributed by atoms with E-state index in [1.165, 1.54) is 35.7 Å². The van der Waals surface area contributed by atoms with Crippen LogP contribution in [0, 0.1) is 0 Å². The number of hydrogen-bond donors (Lipinski definition) is 1. The van der Waals surface area contributed by atoms with Crippen LogP contribution in [0.1, 0.15) is 13.3 Å². The van der Waals surface area contributed by atoms with Gasteiger partial charge in [0.05, 0.1) is 43.7 Å². The minimum Gasteiger partial charge on any atom is -0.495 e. The van der Waals surface area contributed by atoms with Crippen LogP contribution < -0.4 is 19.1 Å². The number of nitrogens with one attached hydrogen (secondary N) is 1. The molecule has 2 aromatic carbocycles. The van der Waals surface area contributed by atoms with Gasteiger partial charge < -0.3 is 19.5 Å². The predicted octanol–water partition coefficient (Wildman–Crippen LogP) is 2.11. The first kappa shape index (κ1) is 30.0. The number of ether oxygens (including phenoxy) is 3. The summed E-state index contributed by atoms with van der Waals surface area (Å²) in [6.07, 6.45) is 1.20. The number of morpholine rings is 1. The zero-order valence-electron chi connectivity index (χ0n) is 21.4. The summed E-state index contributed by atoms with van der Waals surface area (Å²) in [5, 5.41) is 2.99. The highest BCUT2D eigenvalue weighted by Crippen LogP contribution is 2.34. The van der Waals surface area contributed by atoms with E-state index < -0.39 is 32.0 Å². The van der Waals surface area contributed by atoms with Gasteiger partial charge in [-0.2, -0.15) is 4.31 Å². The second-order valence-corrected chi connectivity index (χ2v) is 12.7. The molecule has 0 spiro atoms. The molecule has 1 saturated heterocycles. The van der Waals surface area contributed by atoms with E-state index in [9.17, 15) is 21.6 Å². The third-order valence-corrected chi connectivity index (χ3v) is 9.12. The fourth-order valence-corrected chi connectivity index (χ4v) is 6.76. The second kappa shape index (κ2) is 13.0. The molecule has 1 fully saturated rings. The van der Waals surface area contributed by atoms with Crippen molar-refractivity contribution in [1.82, 2.24) is 9.62 Å². The number of carbonyl (C=O) groups is 1. The molecule has 0 saturated carbocycles. The van der Waals surface area contributed by atoms with Crippen molar-refractivity contribution in [3.05, 3.63) is 47.5 Å². The molecule has 1 aliphatic heterocycles. The molecular weight excluding hydrogens is 558 g/mol. The molecule has 1 N–H and O–H groups in total. The number of methoxy groups -OCH3 is 1. The predicted molar refractivity (Wildman–Crippen MR) is 144 cm³/mol. The van der Waals surface area contributed by atoms with Crippen LogP contribution in [0.4, 0.5) is 5.69 Å². The van der Waals surface area contributed by atoms with E-state index in [0.29, 0.717) is 37.1 Å². The minimum absolute atomic E-state index is 0.0805. The number of rotatable bonds is 12. The Morgan fingerprint density at radius 3 is 2.37 bits per heavy atom. The fraction of sp³-hybridized carbons (Fsp3) is 0.458. The van der Waals surface area contributed by atoms with E-state index in [2.05, 4.69) is 5.32 Å². The van der Waals surface area contributed by atoms with Gasteiger partial charge in [0.15, 0.2) is 0 Å². The van der Waals surface area contributed by atoms with Gasteiger partial charge in [0.1, 0.15) is 24.1 Å². The van der Waals surface area contributed by atoms with Crippen LogP contribution in [-0.4, -0.2) is 85.9 Å².